The Hall–Kier alpha value is -3.16. The number of hydrogen-bond donors (Lipinski definition) is 3. The summed E-state index contributed by atoms with van der Waals surface area (Å²) in [6.45, 7) is 14.5. The number of ether oxygens (including phenoxy) is 1. The van der Waals surface area contributed by atoms with E-state index >= 15 is 0 Å². The molecule has 3 rings (SSSR count). The first kappa shape index (κ1) is 30.4. The smallest absolute Gasteiger partial charge is 0.417 e. The fourth-order valence-electron chi connectivity index (χ4n) is 5.39. The van der Waals surface area contributed by atoms with E-state index in [0.29, 0.717) is 25.2 Å². The Balaban J connectivity index is 1.65. The van der Waals surface area contributed by atoms with Crippen molar-refractivity contribution in [1.82, 2.24) is 15.1 Å². The molecular formula is C29H44N5O5+. The summed E-state index contributed by atoms with van der Waals surface area (Å²) in [6, 6.07) is 6.21. The van der Waals surface area contributed by atoms with Gasteiger partial charge in [0.1, 0.15) is 23.9 Å². The summed E-state index contributed by atoms with van der Waals surface area (Å²) in [5.41, 5.74) is 6.99. The standard InChI is InChI=1S/C29H43N5O5/c1-6-25(35)33-16-14-21(15-17-33)20-12-10-19(11-13-20)18-22(26(30)36)32-27(37)23-8-7-9-24(31-5)34(23)28(38)39-29(2,3)4/h5,10-13,21-25,35H,6-9,14-18H2,1-4H3,(H2-,30,32,36,37)/p+1/t22-,23-,24+,25?/m0/s1. The molecule has 0 bridgehead atoms. The van der Waals surface area contributed by atoms with Crippen molar-refractivity contribution in [1.29, 1.82) is 0 Å². The normalized spacial score (nSPS) is 22.4. The number of hydrogen-bond acceptors (Lipinski definition) is 6. The summed E-state index contributed by atoms with van der Waals surface area (Å²) >= 11 is 0. The van der Waals surface area contributed by atoms with Crippen LogP contribution < -0.4 is 11.1 Å². The van der Waals surface area contributed by atoms with Gasteiger partial charge >= 0.3 is 12.3 Å². The van der Waals surface area contributed by atoms with E-state index < -0.39 is 41.8 Å². The van der Waals surface area contributed by atoms with Crippen LogP contribution in [0, 0.1) is 6.57 Å². The van der Waals surface area contributed by atoms with Crippen molar-refractivity contribution in [3.63, 3.8) is 0 Å². The molecular weight excluding hydrogens is 498 g/mol. The third-order valence-corrected chi connectivity index (χ3v) is 7.54. The third-order valence-electron chi connectivity index (χ3n) is 7.54. The number of nitrogens with two attached hydrogens (primary N) is 1. The van der Waals surface area contributed by atoms with Gasteiger partial charge < -0.3 is 20.9 Å². The van der Waals surface area contributed by atoms with Gasteiger partial charge in [-0.3, -0.25) is 14.5 Å². The molecule has 10 heteroatoms. The lowest BCUT2D eigenvalue weighted by atomic mass is 9.88. The van der Waals surface area contributed by atoms with Crippen LogP contribution in [0.2, 0.25) is 0 Å². The van der Waals surface area contributed by atoms with Gasteiger partial charge in [0.25, 0.3) is 6.57 Å². The minimum Gasteiger partial charge on any atom is -0.444 e. The molecule has 0 aliphatic carbocycles. The molecule has 0 radical (unpaired) electrons. The number of carbonyl (C=O) groups excluding carboxylic acids is 3. The molecule has 4 atom stereocenters. The van der Waals surface area contributed by atoms with Crippen molar-refractivity contribution >= 4 is 17.9 Å². The van der Waals surface area contributed by atoms with E-state index in [1.165, 1.54) is 10.5 Å². The summed E-state index contributed by atoms with van der Waals surface area (Å²) in [4.78, 5) is 45.8. The average Bonchev–Trinajstić information content (AvgIpc) is 2.91. The summed E-state index contributed by atoms with van der Waals surface area (Å²) in [5.74, 6) is -0.735. The number of benzene rings is 1. The van der Waals surface area contributed by atoms with Crippen LogP contribution in [-0.2, 0) is 20.7 Å². The number of amides is 3. The van der Waals surface area contributed by atoms with Crippen LogP contribution in [-0.4, -0.2) is 76.0 Å². The molecule has 0 aromatic heterocycles. The lowest BCUT2D eigenvalue weighted by Gasteiger charge is -2.35. The number of rotatable bonds is 8. The van der Waals surface area contributed by atoms with E-state index in [-0.39, 0.29) is 12.6 Å². The molecule has 1 unspecified atom stereocenters. The molecule has 3 amide bonds. The van der Waals surface area contributed by atoms with Gasteiger partial charge in [0, 0.05) is 25.9 Å². The second-order valence-electron chi connectivity index (χ2n) is 11.6. The quantitative estimate of drug-likeness (QED) is 0.463. The van der Waals surface area contributed by atoms with Gasteiger partial charge in [-0.05, 0) is 69.9 Å². The molecule has 2 saturated heterocycles. The SMILES string of the molecule is C#[N+][C@H]1CCC[C@@H](C(=O)N[C@@H](Cc2ccc(C3CCN(C(O)CC)CC3)cc2)C(N)=O)N1C(=O)OC(C)(C)C. The third kappa shape index (κ3) is 8.16. The molecule has 10 nitrogen and oxygen atoms in total. The van der Waals surface area contributed by atoms with Crippen LogP contribution in [0.3, 0.4) is 0 Å². The average molecular weight is 543 g/mol. The molecule has 2 heterocycles. The summed E-state index contributed by atoms with van der Waals surface area (Å²) < 4.78 is 5.51. The molecule has 2 fully saturated rings. The lowest BCUT2D eigenvalue weighted by Crippen LogP contribution is -2.59. The molecule has 0 spiro atoms. The first-order valence-electron chi connectivity index (χ1n) is 14.0. The van der Waals surface area contributed by atoms with E-state index in [0.717, 1.165) is 37.9 Å². The van der Waals surface area contributed by atoms with E-state index in [4.69, 9.17) is 17.0 Å². The largest absolute Gasteiger partial charge is 0.444 e. The first-order chi connectivity index (χ1) is 18.4. The molecule has 2 aliphatic rings. The van der Waals surface area contributed by atoms with Crippen molar-refractivity contribution in [2.45, 2.75) is 109 Å². The Morgan fingerprint density at radius 2 is 1.79 bits per heavy atom. The van der Waals surface area contributed by atoms with Crippen molar-refractivity contribution in [2.24, 2.45) is 5.73 Å². The Kier molecular flexibility index (Phi) is 10.3. The molecule has 214 valence electrons. The second-order valence-corrected chi connectivity index (χ2v) is 11.6. The van der Waals surface area contributed by atoms with Gasteiger partial charge in [-0.2, -0.15) is 0 Å². The number of carbonyl (C=O) groups is 3. The summed E-state index contributed by atoms with van der Waals surface area (Å²) in [5, 5.41) is 12.8. The van der Waals surface area contributed by atoms with Crippen molar-refractivity contribution in [2.75, 3.05) is 13.1 Å². The molecule has 4 N–H and O–H groups in total. The second kappa shape index (κ2) is 13.3. The Morgan fingerprint density at radius 3 is 2.33 bits per heavy atom. The zero-order valence-electron chi connectivity index (χ0n) is 23.6. The fraction of sp³-hybridized carbons (Fsp3) is 0.655. The van der Waals surface area contributed by atoms with Crippen molar-refractivity contribution < 1.29 is 24.2 Å². The highest BCUT2D eigenvalue weighted by Gasteiger charge is 2.46. The maximum Gasteiger partial charge on any atom is 0.417 e. The minimum absolute atomic E-state index is 0.229. The Bertz CT molecular complexity index is 1040. The van der Waals surface area contributed by atoms with Crippen LogP contribution in [0.15, 0.2) is 24.3 Å². The highest BCUT2D eigenvalue weighted by Crippen LogP contribution is 2.30. The topological polar surface area (TPSA) is 130 Å². The van der Waals surface area contributed by atoms with Gasteiger partial charge in [0.15, 0.2) is 0 Å². The molecule has 1 aromatic carbocycles. The Morgan fingerprint density at radius 1 is 1.15 bits per heavy atom. The predicted molar refractivity (Wildman–Crippen MR) is 149 cm³/mol. The summed E-state index contributed by atoms with van der Waals surface area (Å²) in [6.07, 6.45) is 2.70. The minimum atomic E-state index is -0.946. The van der Waals surface area contributed by atoms with Gasteiger partial charge in [-0.25, -0.2) is 9.69 Å². The van der Waals surface area contributed by atoms with Crippen LogP contribution in [0.4, 0.5) is 4.79 Å². The highest BCUT2D eigenvalue weighted by molar-refractivity contribution is 5.91. The van der Waals surface area contributed by atoms with Gasteiger partial charge in [-0.1, -0.05) is 36.0 Å². The zero-order valence-corrected chi connectivity index (χ0v) is 23.6. The monoisotopic (exact) mass is 542 g/mol. The number of aliphatic hydroxyl groups excluding tert-OH is 1. The van der Waals surface area contributed by atoms with E-state index in [2.05, 4.69) is 27.2 Å². The fourth-order valence-corrected chi connectivity index (χ4v) is 5.39. The Labute approximate surface area is 231 Å². The van der Waals surface area contributed by atoms with Gasteiger partial charge in [-0.15, -0.1) is 0 Å². The first-order valence-corrected chi connectivity index (χ1v) is 14.0. The van der Waals surface area contributed by atoms with Gasteiger partial charge in [0.05, 0.1) is 0 Å². The van der Waals surface area contributed by atoms with Gasteiger partial charge in [0.2, 0.25) is 11.8 Å². The lowest BCUT2D eigenvalue weighted by molar-refractivity contribution is -0.132. The van der Waals surface area contributed by atoms with Crippen molar-refractivity contribution in [3.8, 4) is 6.57 Å². The zero-order chi connectivity index (χ0) is 28.7. The molecule has 1 aromatic rings. The van der Waals surface area contributed by atoms with E-state index in [1.54, 1.807) is 20.8 Å². The maximum absolute atomic E-state index is 13.3. The number of nitrogens with one attached hydrogen (secondary N) is 1. The van der Waals surface area contributed by atoms with Crippen LogP contribution >= 0.6 is 0 Å². The molecule has 2 aliphatic heterocycles. The van der Waals surface area contributed by atoms with Crippen LogP contribution in [0.5, 0.6) is 0 Å². The number of primary amides is 1. The number of aliphatic hydroxyl groups is 1. The van der Waals surface area contributed by atoms with Crippen LogP contribution in [0.1, 0.15) is 83.3 Å². The highest BCUT2D eigenvalue weighted by atomic mass is 16.6. The van der Waals surface area contributed by atoms with E-state index in [9.17, 15) is 19.5 Å². The molecule has 39 heavy (non-hydrogen) atoms. The summed E-state index contributed by atoms with van der Waals surface area (Å²) in [7, 11) is 0. The number of likely N-dealkylation sites (tertiary alicyclic amines) is 2. The maximum atomic E-state index is 13.3. The molecule has 0 saturated carbocycles. The van der Waals surface area contributed by atoms with Crippen LogP contribution in [0.25, 0.3) is 4.85 Å². The number of piperidine rings is 2. The predicted octanol–water partition coefficient (Wildman–Crippen LogP) is 3.19. The van der Waals surface area contributed by atoms with E-state index in [1.807, 2.05) is 19.1 Å². The number of nitrogens with zero attached hydrogens (tertiary/aromatic N) is 3. The van der Waals surface area contributed by atoms with Crippen molar-refractivity contribution in [3.05, 3.63) is 40.2 Å².